The van der Waals surface area contributed by atoms with E-state index in [9.17, 15) is 9.59 Å². The molecular weight excluding hydrogens is 320 g/mol. The average molecular weight is 340 g/mol. The monoisotopic (exact) mass is 340 g/mol. The maximum atomic E-state index is 12.1. The van der Waals surface area contributed by atoms with Crippen LogP contribution in [0.15, 0.2) is 53.6 Å². The summed E-state index contributed by atoms with van der Waals surface area (Å²) in [4.78, 5) is 28.3. The summed E-state index contributed by atoms with van der Waals surface area (Å²) in [6, 6.07) is 8.87. The summed E-state index contributed by atoms with van der Waals surface area (Å²) in [6.45, 7) is 2.94. The highest BCUT2D eigenvalue weighted by Gasteiger charge is 2.16. The summed E-state index contributed by atoms with van der Waals surface area (Å²) >= 11 is 0. The molecule has 0 spiro atoms. The molecule has 130 valence electrons. The van der Waals surface area contributed by atoms with E-state index in [1.807, 2.05) is 24.3 Å². The summed E-state index contributed by atoms with van der Waals surface area (Å²) in [6.07, 6.45) is 5.34. The summed E-state index contributed by atoms with van der Waals surface area (Å²) in [7, 11) is 0. The quantitative estimate of drug-likeness (QED) is 0.644. The molecule has 2 heterocycles. The first-order valence-electron chi connectivity index (χ1n) is 8.16. The second kappa shape index (κ2) is 7.65. The minimum absolute atomic E-state index is 0.215. The molecule has 0 saturated heterocycles. The zero-order chi connectivity index (χ0) is 17.6. The van der Waals surface area contributed by atoms with Crippen LogP contribution in [0.3, 0.4) is 0 Å². The maximum Gasteiger partial charge on any atom is 0.255 e. The molecule has 1 aromatic carbocycles. The number of rotatable bonds is 7. The van der Waals surface area contributed by atoms with E-state index in [1.54, 1.807) is 19.3 Å². The molecule has 2 amide bonds. The minimum atomic E-state index is -0.614. The predicted molar refractivity (Wildman–Crippen MR) is 93.0 cm³/mol. The molecule has 3 aromatic rings. The fourth-order valence-corrected chi connectivity index (χ4v) is 2.54. The van der Waals surface area contributed by atoms with Gasteiger partial charge in [0.15, 0.2) is 0 Å². The largest absolute Gasteiger partial charge is 0.472 e. The van der Waals surface area contributed by atoms with Gasteiger partial charge in [-0.2, -0.15) is 0 Å². The molecule has 0 aliphatic rings. The average Bonchev–Trinajstić information content (AvgIpc) is 3.28. The van der Waals surface area contributed by atoms with Gasteiger partial charge in [0.1, 0.15) is 12.3 Å². The highest BCUT2D eigenvalue weighted by molar-refractivity contribution is 5.97. The highest BCUT2D eigenvalue weighted by Crippen LogP contribution is 2.11. The number of para-hydroxylation sites is 2. The summed E-state index contributed by atoms with van der Waals surface area (Å²) in [5.41, 5.74) is 2.43. The molecule has 2 aromatic heterocycles. The van der Waals surface area contributed by atoms with Crippen molar-refractivity contribution in [3.63, 3.8) is 0 Å². The van der Waals surface area contributed by atoms with Crippen molar-refractivity contribution in [2.45, 2.75) is 25.9 Å². The first-order chi connectivity index (χ1) is 12.1. The van der Waals surface area contributed by atoms with Gasteiger partial charge in [0.05, 0.1) is 29.2 Å². The number of imidazole rings is 1. The van der Waals surface area contributed by atoms with E-state index in [-0.39, 0.29) is 11.8 Å². The lowest BCUT2D eigenvalue weighted by Gasteiger charge is -2.13. The lowest BCUT2D eigenvalue weighted by Crippen LogP contribution is -2.45. The SMILES string of the molecule is CC(NC(=O)c1ccoc1)C(=O)NCCCn1cnc2ccccc21. The number of amides is 2. The molecule has 0 bridgehead atoms. The van der Waals surface area contributed by atoms with Crippen LogP contribution in [0, 0.1) is 0 Å². The number of nitrogens with one attached hydrogen (secondary N) is 2. The number of aromatic nitrogens is 2. The molecule has 2 N–H and O–H groups in total. The minimum Gasteiger partial charge on any atom is -0.472 e. The van der Waals surface area contributed by atoms with Crippen molar-refractivity contribution in [2.75, 3.05) is 6.54 Å². The van der Waals surface area contributed by atoms with Crippen molar-refractivity contribution in [2.24, 2.45) is 0 Å². The van der Waals surface area contributed by atoms with Crippen LogP contribution in [0.4, 0.5) is 0 Å². The van der Waals surface area contributed by atoms with Gasteiger partial charge in [0.25, 0.3) is 5.91 Å². The first-order valence-corrected chi connectivity index (χ1v) is 8.16. The predicted octanol–water partition coefficient (Wildman–Crippen LogP) is 1.95. The van der Waals surface area contributed by atoms with E-state index in [4.69, 9.17) is 4.42 Å². The van der Waals surface area contributed by atoms with Gasteiger partial charge in [-0.05, 0) is 31.5 Å². The molecule has 7 nitrogen and oxygen atoms in total. The van der Waals surface area contributed by atoms with Gasteiger partial charge in [-0.3, -0.25) is 9.59 Å². The molecule has 0 aliphatic carbocycles. The molecule has 25 heavy (non-hydrogen) atoms. The Labute approximate surface area is 145 Å². The zero-order valence-electron chi connectivity index (χ0n) is 13.9. The fraction of sp³-hybridized carbons (Fsp3) is 0.278. The van der Waals surface area contributed by atoms with E-state index in [2.05, 4.69) is 20.2 Å². The smallest absolute Gasteiger partial charge is 0.255 e. The van der Waals surface area contributed by atoms with Crippen LogP contribution in [-0.4, -0.2) is 34.0 Å². The van der Waals surface area contributed by atoms with Gasteiger partial charge in [-0.25, -0.2) is 4.98 Å². The number of hydrogen-bond acceptors (Lipinski definition) is 4. The van der Waals surface area contributed by atoms with E-state index < -0.39 is 6.04 Å². The van der Waals surface area contributed by atoms with Gasteiger partial charge in [0.2, 0.25) is 5.91 Å². The van der Waals surface area contributed by atoms with Crippen LogP contribution in [-0.2, 0) is 11.3 Å². The Morgan fingerprint density at radius 2 is 2.12 bits per heavy atom. The van der Waals surface area contributed by atoms with Gasteiger partial charge >= 0.3 is 0 Å². The van der Waals surface area contributed by atoms with Crippen molar-refractivity contribution in [3.8, 4) is 0 Å². The Morgan fingerprint density at radius 3 is 2.92 bits per heavy atom. The standard InChI is InChI=1S/C18H20N4O3/c1-13(21-18(24)14-7-10-25-11-14)17(23)19-8-4-9-22-12-20-15-5-2-3-6-16(15)22/h2-3,5-7,10-13H,4,8-9H2,1H3,(H,19,23)(H,21,24). The summed E-state index contributed by atoms with van der Waals surface area (Å²) in [5, 5.41) is 5.47. The number of carbonyl (C=O) groups excluding carboxylic acids is 2. The molecule has 0 aliphatic heterocycles. The molecule has 0 saturated carbocycles. The molecule has 1 unspecified atom stereocenters. The Hall–Kier alpha value is -3.09. The van der Waals surface area contributed by atoms with Crippen LogP contribution in [0.2, 0.25) is 0 Å². The number of nitrogens with zero attached hydrogens (tertiary/aromatic N) is 2. The van der Waals surface area contributed by atoms with Crippen molar-refractivity contribution in [1.29, 1.82) is 0 Å². The van der Waals surface area contributed by atoms with Crippen molar-refractivity contribution in [1.82, 2.24) is 20.2 Å². The first kappa shape index (κ1) is 16.8. The second-order valence-electron chi connectivity index (χ2n) is 5.78. The number of hydrogen-bond donors (Lipinski definition) is 2. The third kappa shape index (κ3) is 4.06. The van der Waals surface area contributed by atoms with Crippen LogP contribution >= 0.6 is 0 Å². The van der Waals surface area contributed by atoms with Gasteiger partial charge in [0, 0.05) is 13.1 Å². The zero-order valence-corrected chi connectivity index (χ0v) is 13.9. The molecule has 1 atom stereocenters. The van der Waals surface area contributed by atoms with Crippen LogP contribution in [0.25, 0.3) is 11.0 Å². The Bertz CT molecular complexity index is 854. The van der Waals surface area contributed by atoms with Crippen molar-refractivity contribution < 1.29 is 14.0 Å². The highest BCUT2D eigenvalue weighted by atomic mass is 16.3. The van der Waals surface area contributed by atoms with Crippen molar-refractivity contribution in [3.05, 3.63) is 54.7 Å². The van der Waals surface area contributed by atoms with Crippen LogP contribution in [0.1, 0.15) is 23.7 Å². The lowest BCUT2D eigenvalue weighted by molar-refractivity contribution is -0.122. The van der Waals surface area contributed by atoms with Crippen molar-refractivity contribution >= 4 is 22.8 Å². The van der Waals surface area contributed by atoms with Gasteiger partial charge < -0.3 is 19.6 Å². The normalized spacial score (nSPS) is 12.0. The number of aryl methyl sites for hydroxylation is 1. The van der Waals surface area contributed by atoms with E-state index in [0.29, 0.717) is 12.1 Å². The fourth-order valence-electron chi connectivity index (χ4n) is 2.54. The topological polar surface area (TPSA) is 89.2 Å². The number of fused-ring (bicyclic) bond motifs is 1. The van der Waals surface area contributed by atoms with Crippen LogP contribution < -0.4 is 10.6 Å². The Morgan fingerprint density at radius 1 is 1.28 bits per heavy atom. The molecule has 7 heteroatoms. The Balaban J connectivity index is 1.42. The molecule has 3 rings (SSSR count). The van der Waals surface area contributed by atoms with E-state index >= 15 is 0 Å². The molecule has 0 radical (unpaired) electrons. The third-order valence-electron chi connectivity index (χ3n) is 3.93. The molecular formula is C18H20N4O3. The second-order valence-corrected chi connectivity index (χ2v) is 5.78. The summed E-state index contributed by atoms with van der Waals surface area (Å²) in [5.74, 6) is -0.548. The van der Waals surface area contributed by atoms with Crippen LogP contribution in [0.5, 0.6) is 0 Å². The third-order valence-corrected chi connectivity index (χ3v) is 3.93. The number of carbonyl (C=O) groups is 2. The summed E-state index contributed by atoms with van der Waals surface area (Å²) < 4.78 is 6.92. The number of furan rings is 1. The van der Waals surface area contributed by atoms with E-state index in [1.165, 1.54) is 12.5 Å². The maximum absolute atomic E-state index is 12.1. The Kier molecular flexibility index (Phi) is 5.13. The number of benzene rings is 1. The lowest BCUT2D eigenvalue weighted by atomic mass is 10.2. The molecule has 0 fully saturated rings. The van der Waals surface area contributed by atoms with Gasteiger partial charge in [-0.15, -0.1) is 0 Å². The van der Waals surface area contributed by atoms with Gasteiger partial charge in [-0.1, -0.05) is 12.1 Å². The van der Waals surface area contributed by atoms with E-state index in [0.717, 1.165) is 24.0 Å².